The Labute approximate surface area is 205 Å². The molecular formula is C27H32N4O4. The van der Waals surface area contributed by atoms with Gasteiger partial charge in [0.05, 0.1) is 13.0 Å². The lowest BCUT2D eigenvalue weighted by Gasteiger charge is -2.31. The summed E-state index contributed by atoms with van der Waals surface area (Å²) in [5.74, 6) is 0.632. The van der Waals surface area contributed by atoms with Gasteiger partial charge in [0.1, 0.15) is 5.75 Å². The second-order valence-electron chi connectivity index (χ2n) is 8.90. The number of hydrogen-bond acceptors (Lipinski definition) is 7. The summed E-state index contributed by atoms with van der Waals surface area (Å²) in [5, 5.41) is 0. The number of rotatable bonds is 9. The minimum absolute atomic E-state index is 0.179. The molecule has 0 N–H and O–H groups in total. The van der Waals surface area contributed by atoms with Crippen molar-refractivity contribution in [1.29, 1.82) is 0 Å². The fourth-order valence-corrected chi connectivity index (χ4v) is 4.60. The summed E-state index contributed by atoms with van der Waals surface area (Å²) in [6.45, 7) is 5.74. The molecule has 0 saturated carbocycles. The highest BCUT2D eigenvalue weighted by molar-refractivity contribution is 5.99. The number of anilines is 1. The third kappa shape index (κ3) is 5.88. The van der Waals surface area contributed by atoms with Crippen LogP contribution in [0.3, 0.4) is 0 Å². The molecule has 0 aliphatic carbocycles. The molecule has 8 heteroatoms. The second-order valence-corrected chi connectivity index (χ2v) is 8.90. The van der Waals surface area contributed by atoms with Crippen molar-refractivity contribution in [2.24, 2.45) is 5.92 Å². The molecular weight excluding hydrogens is 444 g/mol. The lowest BCUT2D eigenvalue weighted by molar-refractivity contribution is -0.147. The number of nitrogens with zero attached hydrogens (tertiary/aromatic N) is 4. The predicted octanol–water partition coefficient (Wildman–Crippen LogP) is 3.79. The van der Waals surface area contributed by atoms with Gasteiger partial charge in [-0.05, 0) is 62.9 Å². The number of benzene rings is 1. The quantitative estimate of drug-likeness (QED) is 0.343. The number of hydrogen-bond donors (Lipinski definition) is 0. The van der Waals surface area contributed by atoms with Crippen molar-refractivity contribution in [2.45, 2.75) is 39.7 Å². The molecule has 3 heterocycles. The van der Waals surface area contributed by atoms with E-state index in [2.05, 4.69) is 26.7 Å². The highest BCUT2D eigenvalue weighted by atomic mass is 16.5. The molecule has 3 aromatic rings. The van der Waals surface area contributed by atoms with Crippen molar-refractivity contribution < 1.29 is 19.1 Å². The van der Waals surface area contributed by atoms with E-state index in [1.165, 1.54) is 5.56 Å². The van der Waals surface area contributed by atoms with Gasteiger partial charge in [0.2, 0.25) is 11.7 Å². The lowest BCUT2D eigenvalue weighted by atomic mass is 9.98. The van der Waals surface area contributed by atoms with E-state index in [0.29, 0.717) is 18.1 Å². The van der Waals surface area contributed by atoms with Crippen LogP contribution in [0, 0.1) is 19.8 Å². The molecule has 184 valence electrons. The molecule has 1 aliphatic heterocycles. The molecule has 8 nitrogen and oxygen atoms in total. The number of ether oxygens (including phenoxy) is 2. The van der Waals surface area contributed by atoms with Gasteiger partial charge >= 0.3 is 5.97 Å². The van der Waals surface area contributed by atoms with Crippen LogP contribution in [0.1, 0.15) is 40.2 Å². The second kappa shape index (κ2) is 11.2. The Morgan fingerprint density at radius 3 is 2.57 bits per heavy atom. The minimum Gasteiger partial charge on any atom is -0.497 e. The lowest BCUT2D eigenvalue weighted by Crippen LogP contribution is -2.40. The van der Waals surface area contributed by atoms with E-state index in [9.17, 15) is 9.59 Å². The summed E-state index contributed by atoms with van der Waals surface area (Å²) < 4.78 is 12.8. The molecule has 0 radical (unpaired) electrons. The third-order valence-electron chi connectivity index (χ3n) is 6.59. The van der Waals surface area contributed by atoms with Gasteiger partial charge in [0, 0.05) is 49.0 Å². The van der Waals surface area contributed by atoms with E-state index < -0.39 is 0 Å². The van der Waals surface area contributed by atoms with E-state index in [4.69, 9.17) is 9.47 Å². The van der Waals surface area contributed by atoms with E-state index in [1.807, 2.05) is 36.9 Å². The smallest absolute Gasteiger partial charge is 0.311 e. The fraction of sp³-hybridized carbons (Fsp3) is 0.407. The molecule has 1 atom stereocenters. The van der Waals surface area contributed by atoms with Gasteiger partial charge < -0.3 is 18.9 Å². The molecule has 1 fully saturated rings. The number of ketones is 1. The number of methoxy groups -OCH3 is 1. The Morgan fingerprint density at radius 2 is 1.86 bits per heavy atom. The normalized spacial score (nSPS) is 15.6. The summed E-state index contributed by atoms with van der Waals surface area (Å²) in [6, 6.07) is 11.7. The summed E-state index contributed by atoms with van der Waals surface area (Å²) in [5.41, 5.74) is 3.70. The first kappa shape index (κ1) is 24.4. The molecule has 1 aliphatic rings. The van der Waals surface area contributed by atoms with Crippen LogP contribution < -0.4 is 9.64 Å². The van der Waals surface area contributed by atoms with E-state index in [1.54, 1.807) is 25.6 Å². The highest BCUT2D eigenvalue weighted by Gasteiger charge is 2.29. The average Bonchev–Trinajstić information content (AvgIpc) is 3.19. The Balaban J connectivity index is 1.32. The van der Waals surface area contributed by atoms with Crippen molar-refractivity contribution in [2.75, 3.05) is 31.7 Å². The molecule has 0 amide bonds. The van der Waals surface area contributed by atoms with Crippen molar-refractivity contribution in [1.82, 2.24) is 14.5 Å². The van der Waals surface area contributed by atoms with Gasteiger partial charge in [-0.15, -0.1) is 0 Å². The topological polar surface area (TPSA) is 86.5 Å². The van der Waals surface area contributed by atoms with Gasteiger partial charge in [-0.25, -0.2) is 9.97 Å². The first-order valence-corrected chi connectivity index (χ1v) is 12.0. The fourth-order valence-electron chi connectivity index (χ4n) is 4.60. The highest BCUT2D eigenvalue weighted by Crippen LogP contribution is 2.22. The first-order valence-electron chi connectivity index (χ1n) is 12.0. The molecule has 0 spiro atoms. The summed E-state index contributed by atoms with van der Waals surface area (Å²) >= 11 is 0. The Morgan fingerprint density at radius 1 is 1.11 bits per heavy atom. The zero-order valence-corrected chi connectivity index (χ0v) is 20.6. The van der Waals surface area contributed by atoms with Crippen molar-refractivity contribution >= 4 is 17.7 Å². The summed E-state index contributed by atoms with van der Waals surface area (Å²) in [7, 11) is 1.65. The maximum atomic E-state index is 12.9. The molecule has 2 aromatic heterocycles. The Bertz CT molecular complexity index is 1160. The number of piperidine rings is 1. The number of carbonyl (C=O) groups is 2. The van der Waals surface area contributed by atoms with Crippen molar-refractivity contribution in [3.8, 4) is 5.75 Å². The summed E-state index contributed by atoms with van der Waals surface area (Å²) in [4.78, 5) is 36.2. The molecule has 1 saturated heterocycles. The number of aromatic nitrogens is 3. The number of Topliss-reactive ketones (excluding diaryl/α,β-unsaturated/α-hetero) is 1. The van der Waals surface area contributed by atoms with Gasteiger partial charge in [-0.1, -0.05) is 12.1 Å². The standard InChI is InChI=1S/C27H32N4O4/c1-19-16-24(20(2)31(19)15-11-21-7-9-23(34-3)10-8-21)25(32)18-35-26(33)22-6-4-14-30(17-22)27-28-12-5-13-29-27/h5,7-10,12-13,16,22H,4,6,11,14-15,17-18H2,1-3H3. The number of carbonyl (C=O) groups excluding carboxylic acids is 2. The van der Waals surface area contributed by atoms with Crippen molar-refractivity contribution in [3.05, 3.63) is 71.3 Å². The molecule has 1 unspecified atom stereocenters. The van der Waals surface area contributed by atoms with Crippen LogP contribution in [-0.4, -0.2) is 53.1 Å². The SMILES string of the molecule is COc1ccc(CCn2c(C)cc(C(=O)COC(=O)C3CCCN(c4ncccn4)C3)c2C)cc1. The Hall–Kier alpha value is -3.68. The predicted molar refractivity (Wildman–Crippen MR) is 133 cm³/mol. The van der Waals surface area contributed by atoms with E-state index in [-0.39, 0.29) is 24.3 Å². The maximum Gasteiger partial charge on any atom is 0.311 e. The van der Waals surface area contributed by atoms with Crippen LogP contribution in [0.15, 0.2) is 48.8 Å². The number of esters is 1. The van der Waals surface area contributed by atoms with Crippen LogP contribution in [0.2, 0.25) is 0 Å². The van der Waals surface area contributed by atoms with Gasteiger partial charge in [0.15, 0.2) is 6.61 Å². The minimum atomic E-state index is -0.340. The first-order chi connectivity index (χ1) is 17.0. The van der Waals surface area contributed by atoms with Crippen LogP contribution in [0.4, 0.5) is 5.95 Å². The monoisotopic (exact) mass is 476 g/mol. The maximum absolute atomic E-state index is 12.9. The van der Waals surface area contributed by atoms with E-state index in [0.717, 1.165) is 49.5 Å². The zero-order chi connectivity index (χ0) is 24.8. The van der Waals surface area contributed by atoms with Crippen LogP contribution in [0.5, 0.6) is 5.75 Å². The molecule has 35 heavy (non-hydrogen) atoms. The van der Waals surface area contributed by atoms with E-state index >= 15 is 0 Å². The molecule has 4 rings (SSSR count). The van der Waals surface area contributed by atoms with Gasteiger partial charge in [-0.3, -0.25) is 9.59 Å². The molecule has 1 aromatic carbocycles. The van der Waals surface area contributed by atoms with Crippen molar-refractivity contribution in [3.63, 3.8) is 0 Å². The zero-order valence-electron chi connectivity index (χ0n) is 20.6. The van der Waals surface area contributed by atoms with Crippen LogP contribution in [0.25, 0.3) is 0 Å². The Kier molecular flexibility index (Phi) is 7.80. The van der Waals surface area contributed by atoms with Gasteiger partial charge in [-0.2, -0.15) is 0 Å². The molecule has 0 bridgehead atoms. The largest absolute Gasteiger partial charge is 0.497 e. The number of aryl methyl sites for hydroxylation is 2. The summed E-state index contributed by atoms with van der Waals surface area (Å²) in [6.07, 6.45) is 5.80. The third-order valence-corrected chi connectivity index (χ3v) is 6.59. The van der Waals surface area contributed by atoms with Gasteiger partial charge in [0.25, 0.3) is 0 Å². The average molecular weight is 477 g/mol. The van der Waals surface area contributed by atoms with Crippen LogP contribution in [-0.2, 0) is 22.5 Å². The van der Waals surface area contributed by atoms with Crippen LogP contribution >= 0.6 is 0 Å².